The van der Waals surface area contributed by atoms with Gasteiger partial charge >= 0.3 is 0 Å². The van der Waals surface area contributed by atoms with E-state index in [9.17, 15) is 8.42 Å². The molecule has 6 heteroatoms. The Morgan fingerprint density at radius 3 is 2.43 bits per heavy atom. The molecule has 2 rings (SSSR count). The quantitative estimate of drug-likeness (QED) is 0.823. The van der Waals surface area contributed by atoms with Gasteiger partial charge in [0.2, 0.25) is 10.0 Å². The fourth-order valence-electron chi connectivity index (χ4n) is 2.02. The number of nitrogens with zero attached hydrogens (tertiary/aromatic N) is 1. The molecule has 0 atom stereocenters. The maximum Gasteiger partial charge on any atom is 0.245 e. The van der Waals surface area contributed by atoms with Crippen molar-refractivity contribution in [1.82, 2.24) is 4.31 Å². The molecule has 0 unspecified atom stereocenters. The van der Waals surface area contributed by atoms with Gasteiger partial charge in [-0.25, -0.2) is 8.42 Å². The molecular weight excluding hydrogens is 352 g/mol. The summed E-state index contributed by atoms with van der Waals surface area (Å²) in [6.45, 7) is 2.52. The number of nitrogen functional groups attached to an aromatic ring is 1. The van der Waals surface area contributed by atoms with Crippen LogP contribution in [0, 0.1) is 0 Å². The number of sulfonamides is 1. The molecule has 0 aromatic heterocycles. The van der Waals surface area contributed by atoms with Crippen molar-refractivity contribution in [2.24, 2.45) is 0 Å². The second kappa shape index (κ2) is 6.60. The maximum absolute atomic E-state index is 12.8. The summed E-state index contributed by atoms with van der Waals surface area (Å²) in [4.78, 5) is 0.134. The van der Waals surface area contributed by atoms with Crippen LogP contribution in [0.4, 0.5) is 5.69 Å². The minimum atomic E-state index is -3.62. The zero-order valence-corrected chi connectivity index (χ0v) is 14.1. The van der Waals surface area contributed by atoms with Crippen LogP contribution in [-0.2, 0) is 16.6 Å². The van der Waals surface area contributed by atoms with E-state index in [1.165, 1.54) is 4.31 Å². The van der Waals surface area contributed by atoms with E-state index in [1.54, 1.807) is 18.2 Å². The van der Waals surface area contributed by atoms with E-state index < -0.39 is 10.0 Å². The Kier molecular flexibility index (Phi) is 5.03. The van der Waals surface area contributed by atoms with Gasteiger partial charge in [0.15, 0.2) is 0 Å². The van der Waals surface area contributed by atoms with Gasteiger partial charge in [-0.2, -0.15) is 4.31 Å². The molecule has 0 amide bonds. The van der Waals surface area contributed by atoms with Crippen molar-refractivity contribution in [2.75, 3.05) is 12.3 Å². The Labute approximate surface area is 133 Å². The van der Waals surface area contributed by atoms with Crippen molar-refractivity contribution in [3.05, 3.63) is 58.6 Å². The number of anilines is 1. The topological polar surface area (TPSA) is 63.4 Å². The number of nitrogens with two attached hydrogens (primary N) is 1. The third-order valence-electron chi connectivity index (χ3n) is 3.15. The van der Waals surface area contributed by atoms with Crippen molar-refractivity contribution in [1.29, 1.82) is 0 Å². The fraction of sp³-hybridized carbons (Fsp3) is 0.200. The van der Waals surface area contributed by atoms with Crippen LogP contribution in [0.1, 0.15) is 12.5 Å². The highest BCUT2D eigenvalue weighted by Gasteiger charge is 2.25. The second-order valence-corrected chi connectivity index (χ2v) is 7.42. The molecule has 0 bridgehead atoms. The van der Waals surface area contributed by atoms with E-state index >= 15 is 0 Å². The van der Waals surface area contributed by atoms with Crippen LogP contribution in [0.3, 0.4) is 0 Å². The molecule has 0 saturated heterocycles. The molecule has 0 aliphatic rings. The molecule has 0 spiro atoms. The zero-order valence-electron chi connectivity index (χ0n) is 11.7. The lowest BCUT2D eigenvalue weighted by atomic mass is 10.2. The standard InChI is InChI=1S/C15H17BrN2O2S/c1-2-18(11-12-6-4-3-5-7-12)21(19,20)15-10-13(16)8-9-14(15)17/h3-10H,2,11,17H2,1H3. The molecule has 0 aliphatic heterocycles. The minimum Gasteiger partial charge on any atom is -0.398 e. The summed E-state index contributed by atoms with van der Waals surface area (Å²) in [5.41, 5.74) is 7.03. The van der Waals surface area contributed by atoms with Crippen LogP contribution in [0.2, 0.25) is 0 Å². The van der Waals surface area contributed by atoms with E-state index in [0.29, 0.717) is 17.6 Å². The molecule has 21 heavy (non-hydrogen) atoms. The molecule has 0 radical (unpaired) electrons. The summed E-state index contributed by atoms with van der Waals surface area (Å²) < 4.78 is 27.6. The summed E-state index contributed by atoms with van der Waals surface area (Å²) in [7, 11) is -3.62. The lowest BCUT2D eigenvalue weighted by Crippen LogP contribution is -2.31. The lowest BCUT2D eigenvalue weighted by molar-refractivity contribution is 0.423. The molecule has 0 aliphatic carbocycles. The van der Waals surface area contributed by atoms with Gasteiger partial charge in [-0.1, -0.05) is 53.2 Å². The molecule has 2 aromatic carbocycles. The number of rotatable bonds is 5. The Bertz CT molecular complexity index is 718. The Balaban J connectivity index is 2.38. The molecule has 112 valence electrons. The molecule has 4 nitrogen and oxygen atoms in total. The first-order chi connectivity index (χ1) is 9.95. The van der Waals surface area contributed by atoms with Crippen molar-refractivity contribution in [2.45, 2.75) is 18.4 Å². The fourth-order valence-corrected chi connectivity index (χ4v) is 4.12. The summed E-state index contributed by atoms with van der Waals surface area (Å²) in [5, 5.41) is 0. The van der Waals surface area contributed by atoms with Crippen molar-refractivity contribution in [3.8, 4) is 0 Å². The van der Waals surface area contributed by atoms with Crippen molar-refractivity contribution < 1.29 is 8.42 Å². The first-order valence-corrected chi connectivity index (χ1v) is 8.77. The third-order valence-corrected chi connectivity index (χ3v) is 5.62. The van der Waals surface area contributed by atoms with Gasteiger partial charge in [0, 0.05) is 17.6 Å². The van der Waals surface area contributed by atoms with Gasteiger partial charge in [-0.3, -0.25) is 0 Å². The molecule has 0 heterocycles. The van der Waals surface area contributed by atoms with Crippen molar-refractivity contribution >= 4 is 31.6 Å². The monoisotopic (exact) mass is 368 g/mol. The first kappa shape index (κ1) is 16.0. The molecular formula is C15H17BrN2O2S. The minimum absolute atomic E-state index is 0.134. The SMILES string of the molecule is CCN(Cc1ccccc1)S(=O)(=O)c1cc(Br)ccc1N. The van der Waals surface area contributed by atoms with E-state index in [-0.39, 0.29) is 10.6 Å². The molecule has 2 N–H and O–H groups in total. The lowest BCUT2D eigenvalue weighted by Gasteiger charge is -2.21. The van der Waals surface area contributed by atoms with Gasteiger partial charge in [-0.15, -0.1) is 0 Å². The van der Waals surface area contributed by atoms with Crippen LogP contribution in [0.25, 0.3) is 0 Å². The Morgan fingerprint density at radius 1 is 1.14 bits per heavy atom. The van der Waals surface area contributed by atoms with Gasteiger partial charge in [0.05, 0.1) is 5.69 Å². The van der Waals surface area contributed by atoms with Crippen LogP contribution >= 0.6 is 15.9 Å². The van der Waals surface area contributed by atoms with E-state index in [1.807, 2.05) is 37.3 Å². The summed E-state index contributed by atoms with van der Waals surface area (Å²) >= 11 is 3.29. The predicted molar refractivity (Wildman–Crippen MR) is 88.3 cm³/mol. The van der Waals surface area contributed by atoms with E-state index in [4.69, 9.17) is 5.73 Å². The third kappa shape index (κ3) is 3.64. The second-order valence-electron chi connectivity index (χ2n) is 4.60. The molecule has 0 fully saturated rings. The molecule has 2 aromatic rings. The normalized spacial score (nSPS) is 11.8. The first-order valence-electron chi connectivity index (χ1n) is 6.54. The smallest absolute Gasteiger partial charge is 0.245 e. The average Bonchev–Trinajstić information content (AvgIpc) is 2.48. The van der Waals surface area contributed by atoms with Crippen molar-refractivity contribution in [3.63, 3.8) is 0 Å². The summed E-state index contributed by atoms with van der Waals surface area (Å²) in [5.74, 6) is 0. The molecule has 0 saturated carbocycles. The van der Waals surface area contributed by atoms with Gasteiger partial charge in [0.25, 0.3) is 0 Å². The van der Waals surface area contributed by atoms with Crippen LogP contribution in [-0.4, -0.2) is 19.3 Å². The van der Waals surface area contributed by atoms with Crippen LogP contribution in [0.5, 0.6) is 0 Å². The van der Waals surface area contributed by atoms with Gasteiger partial charge in [0.1, 0.15) is 4.90 Å². The maximum atomic E-state index is 12.8. The van der Waals surface area contributed by atoms with Gasteiger partial charge in [-0.05, 0) is 23.8 Å². The Hall–Kier alpha value is -1.37. The predicted octanol–water partition coefficient (Wildman–Crippen LogP) is 3.24. The largest absolute Gasteiger partial charge is 0.398 e. The van der Waals surface area contributed by atoms with E-state index in [0.717, 1.165) is 5.56 Å². The average molecular weight is 369 g/mol. The number of hydrogen-bond acceptors (Lipinski definition) is 3. The highest BCUT2D eigenvalue weighted by atomic mass is 79.9. The van der Waals surface area contributed by atoms with Crippen LogP contribution < -0.4 is 5.73 Å². The highest BCUT2D eigenvalue weighted by molar-refractivity contribution is 9.10. The van der Waals surface area contributed by atoms with E-state index in [2.05, 4.69) is 15.9 Å². The Morgan fingerprint density at radius 2 is 1.81 bits per heavy atom. The number of benzene rings is 2. The highest BCUT2D eigenvalue weighted by Crippen LogP contribution is 2.26. The van der Waals surface area contributed by atoms with Gasteiger partial charge < -0.3 is 5.73 Å². The zero-order chi connectivity index (χ0) is 15.5. The summed E-state index contributed by atoms with van der Waals surface area (Å²) in [6, 6.07) is 14.4. The number of hydrogen-bond donors (Lipinski definition) is 1. The summed E-state index contributed by atoms with van der Waals surface area (Å²) in [6.07, 6.45) is 0. The van der Waals surface area contributed by atoms with Crippen LogP contribution in [0.15, 0.2) is 57.9 Å². The number of halogens is 1.